The van der Waals surface area contributed by atoms with Gasteiger partial charge >= 0.3 is 0 Å². The number of aromatic nitrogens is 3. The average Bonchev–Trinajstić information content (AvgIpc) is 2.98. The largest absolute Gasteiger partial charge is 0.484 e. The molecule has 7 heteroatoms. The summed E-state index contributed by atoms with van der Waals surface area (Å²) >= 11 is 0. The highest BCUT2D eigenvalue weighted by atomic mass is 16.5. The molecule has 0 saturated carbocycles. The zero-order valence-electron chi connectivity index (χ0n) is 16.2. The Labute approximate surface area is 160 Å². The van der Waals surface area contributed by atoms with Crippen LogP contribution in [0.4, 0.5) is 0 Å². The van der Waals surface area contributed by atoms with E-state index >= 15 is 0 Å². The summed E-state index contributed by atoms with van der Waals surface area (Å²) in [6, 6.07) is 9.33. The Morgan fingerprint density at radius 1 is 1.22 bits per heavy atom. The molecule has 1 unspecified atom stereocenters. The zero-order chi connectivity index (χ0) is 19.1. The quantitative estimate of drug-likeness (QED) is 0.767. The second-order valence-corrected chi connectivity index (χ2v) is 7.13. The van der Waals surface area contributed by atoms with E-state index in [0.717, 1.165) is 44.2 Å². The first-order chi connectivity index (χ1) is 13.2. The second-order valence-electron chi connectivity index (χ2n) is 7.13. The van der Waals surface area contributed by atoms with Crippen molar-refractivity contribution in [3.8, 4) is 5.75 Å². The Morgan fingerprint density at radius 3 is 2.81 bits per heavy atom. The van der Waals surface area contributed by atoms with E-state index in [4.69, 9.17) is 4.74 Å². The first kappa shape index (κ1) is 19.4. The molecule has 1 aliphatic rings. The van der Waals surface area contributed by atoms with E-state index in [-0.39, 0.29) is 12.5 Å². The van der Waals surface area contributed by atoms with Crippen LogP contribution in [0.1, 0.15) is 31.9 Å². The molecule has 27 heavy (non-hydrogen) atoms. The predicted octanol–water partition coefficient (Wildman–Crippen LogP) is 1.88. The fraction of sp³-hybridized carbons (Fsp3) is 0.550. The number of amides is 1. The van der Waals surface area contributed by atoms with Crippen molar-refractivity contribution in [1.29, 1.82) is 0 Å². The molecule has 3 rings (SSSR count). The number of nitrogens with zero attached hydrogens (tertiary/aromatic N) is 4. The summed E-state index contributed by atoms with van der Waals surface area (Å²) in [7, 11) is 0. The molecule has 1 amide bonds. The van der Waals surface area contributed by atoms with Gasteiger partial charge in [-0.3, -0.25) is 4.79 Å². The number of ether oxygens (including phenoxy) is 1. The maximum Gasteiger partial charge on any atom is 0.258 e. The van der Waals surface area contributed by atoms with Crippen molar-refractivity contribution in [3.05, 3.63) is 42.0 Å². The standard InChI is InChI=1S/C20H29N5O2/c1-3-16(2)14-24-10-9-18-22-23-19(25(18)12-11-24)13-21-20(26)15-27-17-7-5-4-6-8-17/h4-8,16H,3,9-15H2,1-2H3,(H,21,26). The SMILES string of the molecule is CCC(C)CN1CCc2nnc(CNC(=O)COc3ccccc3)n2CC1. The minimum atomic E-state index is -0.164. The Hall–Kier alpha value is -2.41. The lowest BCUT2D eigenvalue weighted by Gasteiger charge is -2.22. The molecule has 146 valence electrons. The molecule has 1 aromatic heterocycles. The molecular formula is C20H29N5O2. The Morgan fingerprint density at radius 2 is 2.04 bits per heavy atom. The number of nitrogens with one attached hydrogen (secondary N) is 1. The number of carbonyl (C=O) groups is 1. The van der Waals surface area contributed by atoms with Gasteiger partial charge in [-0.25, -0.2) is 0 Å². The lowest BCUT2D eigenvalue weighted by molar-refractivity contribution is -0.123. The predicted molar refractivity (Wildman–Crippen MR) is 103 cm³/mol. The van der Waals surface area contributed by atoms with Crippen molar-refractivity contribution in [2.75, 3.05) is 26.2 Å². The number of hydrogen-bond acceptors (Lipinski definition) is 5. The van der Waals surface area contributed by atoms with Crippen molar-refractivity contribution >= 4 is 5.91 Å². The third-order valence-electron chi connectivity index (χ3n) is 5.02. The molecular weight excluding hydrogens is 342 g/mol. The molecule has 2 heterocycles. The van der Waals surface area contributed by atoms with Crippen LogP contribution in [0.3, 0.4) is 0 Å². The molecule has 0 aliphatic carbocycles. The van der Waals surface area contributed by atoms with Crippen LogP contribution >= 0.6 is 0 Å². The lowest BCUT2D eigenvalue weighted by atomic mass is 10.1. The van der Waals surface area contributed by atoms with Gasteiger partial charge in [0.05, 0.1) is 6.54 Å². The Kier molecular flexibility index (Phi) is 6.81. The van der Waals surface area contributed by atoms with Gasteiger partial charge in [0.2, 0.25) is 0 Å². The summed E-state index contributed by atoms with van der Waals surface area (Å²) in [4.78, 5) is 14.6. The van der Waals surface area contributed by atoms with Crippen LogP contribution in [0.15, 0.2) is 30.3 Å². The molecule has 7 nitrogen and oxygen atoms in total. The highest BCUT2D eigenvalue weighted by molar-refractivity contribution is 5.77. The molecule has 1 aliphatic heterocycles. The number of rotatable bonds is 8. The molecule has 2 aromatic rings. The van der Waals surface area contributed by atoms with Crippen LogP contribution in [0.5, 0.6) is 5.75 Å². The smallest absolute Gasteiger partial charge is 0.258 e. The van der Waals surface area contributed by atoms with Gasteiger partial charge in [-0.05, 0) is 18.1 Å². The number of hydrogen-bond donors (Lipinski definition) is 1. The van der Waals surface area contributed by atoms with Crippen molar-refractivity contribution < 1.29 is 9.53 Å². The van der Waals surface area contributed by atoms with Gasteiger partial charge in [-0.15, -0.1) is 10.2 Å². The Balaban J connectivity index is 1.48. The van der Waals surface area contributed by atoms with Gasteiger partial charge in [0.25, 0.3) is 5.91 Å². The van der Waals surface area contributed by atoms with Gasteiger partial charge in [0.1, 0.15) is 11.6 Å². The third-order valence-corrected chi connectivity index (χ3v) is 5.02. The zero-order valence-corrected chi connectivity index (χ0v) is 16.2. The number of fused-ring (bicyclic) bond motifs is 1. The van der Waals surface area contributed by atoms with E-state index in [2.05, 4.69) is 38.8 Å². The number of para-hydroxylation sites is 1. The highest BCUT2D eigenvalue weighted by Crippen LogP contribution is 2.12. The Bertz CT molecular complexity index is 731. The monoisotopic (exact) mass is 371 g/mol. The number of carbonyl (C=O) groups excluding carboxylic acids is 1. The minimum absolute atomic E-state index is 0.00626. The average molecular weight is 371 g/mol. The fourth-order valence-corrected chi connectivity index (χ4v) is 3.20. The second kappa shape index (κ2) is 9.50. The summed E-state index contributed by atoms with van der Waals surface area (Å²) < 4.78 is 7.62. The van der Waals surface area contributed by atoms with E-state index in [1.165, 1.54) is 6.42 Å². The van der Waals surface area contributed by atoms with E-state index < -0.39 is 0 Å². The number of benzene rings is 1. The van der Waals surface area contributed by atoms with Gasteiger partial charge in [-0.2, -0.15) is 0 Å². The first-order valence-corrected chi connectivity index (χ1v) is 9.73. The minimum Gasteiger partial charge on any atom is -0.484 e. The summed E-state index contributed by atoms with van der Waals surface area (Å²) in [6.45, 7) is 8.89. The van der Waals surface area contributed by atoms with Crippen molar-refractivity contribution in [2.24, 2.45) is 5.92 Å². The fourth-order valence-electron chi connectivity index (χ4n) is 3.20. The maximum absolute atomic E-state index is 12.1. The van der Waals surface area contributed by atoms with Crippen LogP contribution in [0.25, 0.3) is 0 Å². The van der Waals surface area contributed by atoms with Crippen molar-refractivity contribution in [2.45, 2.75) is 39.8 Å². The summed E-state index contributed by atoms with van der Waals surface area (Å²) in [5, 5.41) is 11.5. The normalized spacial score (nSPS) is 15.6. The molecule has 1 N–H and O–H groups in total. The van der Waals surface area contributed by atoms with E-state index in [9.17, 15) is 4.79 Å². The van der Waals surface area contributed by atoms with Crippen molar-refractivity contribution in [1.82, 2.24) is 25.0 Å². The van der Waals surface area contributed by atoms with Gasteiger partial charge < -0.3 is 19.5 Å². The molecule has 0 spiro atoms. The van der Waals surface area contributed by atoms with Crippen LogP contribution in [0.2, 0.25) is 0 Å². The summed E-state index contributed by atoms with van der Waals surface area (Å²) in [5.41, 5.74) is 0. The molecule has 0 saturated heterocycles. The van der Waals surface area contributed by atoms with Crippen LogP contribution in [-0.2, 0) is 24.3 Å². The van der Waals surface area contributed by atoms with Crippen molar-refractivity contribution in [3.63, 3.8) is 0 Å². The molecule has 0 fully saturated rings. The molecule has 1 atom stereocenters. The third kappa shape index (κ3) is 5.53. The van der Waals surface area contributed by atoms with Gasteiger partial charge in [0.15, 0.2) is 12.4 Å². The maximum atomic E-state index is 12.1. The van der Waals surface area contributed by atoms with Gasteiger partial charge in [0, 0.05) is 32.6 Å². The molecule has 0 bridgehead atoms. The van der Waals surface area contributed by atoms with E-state index in [1.807, 2.05) is 30.3 Å². The summed E-state index contributed by atoms with van der Waals surface area (Å²) in [6.07, 6.45) is 2.10. The molecule has 0 radical (unpaired) electrons. The lowest BCUT2D eigenvalue weighted by Crippen LogP contribution is -2.32. The van der Waals surface area contributed by atoms with E-state index in [1.54, 1.807) is 0 Å². The van der Waals surface area contributed by atoms with Crippen LogP contribution in [0, 0.1) is 5.92 Å². The first-order valence-electron chi connectivity index (χ1n) is 9.73. The highest BCUT2D eigenvalue weighted by Gasteiger charge is 2.19. The van der Waals surface area contributed by atoms with Crippen LogP contribution in [-0.4, -0.2) is 51.8 Å². The topological polar surface area (TPSA) is 72.3 Å². The van der Waals surface area contributed by atoms with E-state index in [0.29, 0.717) is 18.2 Å². The summed E-state index contributed by atoms with van der Waals surface area (Å²) in [5.74, 6) is 3.04. The molecule has 1 aromatic carbocycles. The van der Waals surface area contributed by atoms with Gasteiger partial charge in [-0.1, -0.05) is 38.5 Å². The van der Waals surface area contributed by atoms with Crippen LogP contribution < -0.4 is 10.1 Å².